The number of nitrogens with zero attached hydrogens (tertiary/aromatic N) is 1. The van der Waals surface area contributed by atoms with Gasteiger partial charge in [0.1, 0.15) is 0 Å². The van der Waals surface area contributed by atoms with Crippen molar-refractivity contribution < 1.29 is 4.39 Å². The number of hydrogen-bond acceptors (Lipinski definition) is 2. The Morgan fingerprint density at radius 1 is 1.86 bits per heavy atom. The zero-order chi connectivity index (χ0) is 5.28. The average molecular weight is 119 g/mol. The van der Waals surface area contributed by atoms with E-state index in [9.17, 15) is 4.39 Å². The molecular formula is C4H6FNS. The van der Waals surface area contributed by atoms with Gasteiger partial charge < -0.3 is 4.90 Å². The van der Waals surface area contributed by atoms with Gasteiger partial charge in [-0.3, -0.25) is 0 Å². The topological polar surface area (TPSA) is 3.24 Å². The van der Waals surface area contributed by atoms with Crippen molar-refractivity contribution >= 4 is 11.8 Å². The van der Waals surface area contributed by atoms with E-state index in [1.807, 2.05) is 0 Å². The first-order valence-electron chi connectivity index (χ1n) is 1.99. The maximum atomic E-state index is 12.1. The fraction of sp³-hybridized carbons (Fsp3) is 0.500. The summed E-state index contributed by atoms with van der Waals surface area (Å²) in [5.74, 6) is 0. The van der Waals surface area contributed by atoms with Gasteiger partial charge in [0.2, 0.25) is 5.63 Å². The van der Waals surface area contributed by atoms with Crippen molar-refractivity contribution in [3.05, 3.63) is 11.6 Å². The molecule has 0 saturated carbocycles. The molecule has 0 aromatic rings. The molecule has 0 aliphatic carbocycles. The molecule has 0 N–H and O–H groups in total. The predicted molar refractivity (Wildman–Crippen MR) is 29.4 cm³/mol. The van der Waals surface area contributed by atoms with Crippen molar-refractivity contribution in [2.24, 2.45) is 0 Å². The summed E-state index contributed by atoms with van der Waals surface area (Å²) in [7, 11) is 1.71. The normalized spacial score (nSPS) is 29.4. The second-order valence-electron chi connectivity index (χ2n) is 1.38. The van der Waals surface area contributed by atoms with Gasteiger partial charge in [0, 0.05) is 13.2 Å². The molecule has 1 aliphatic rings. The molecular weight excluding hydrogens is 113 g/mol. The van der Waals surface area contributed by atoms with E-state index in [1.165, 1.54) is 16.7 Å². The summed E-state index contributed by atoms with van der Waals surface area (Å²) in [4.78, 5) is 1.52. The predicted octanol–water partition coefficient (Wildman–Crippen LogP) is 1.39. The largest absolute Gasteiger partial charge is 0.342 e. The van der Waals surface area contributed by atoms with Gasteiger partial charge in [0.05, 0.1) is 0 Å². The molecule has 0 spiro atoms. The van der Waals surface area contributed by atoms with Gasteiger partial charge in [-0.15, -0.1) is 0 Å². The van der Waals surface area contributed by atoms with Crippen LogP contribution in [-0.4, -0.2) is 17.6 Å². The van der Waals surface area contributed by atoms with E-state index in [0.29, 0.717) is 0 Å². The van der Waals surface area contributed by atoms with Crippen LogP contribution in [-0.2, 0) is 0 Å². The van der Waals surface area contributed by atoms with Crippen LogP contribution in [0.15, 0.2) is 11.6 Å². The molecule has 40 valence electrons. The summed E-state index contributed by atoms with van der Waals surface area (Å²) < 4.78 is 12.1. The fourth-order valence-corrected chi connectivity index (χ4v) is 1.01. The molecule has 7 heavy (non-hydrogen) atoms. The van der Waals surface area contributed by atoms with Crippen molar-refractivity contribution in [3.63, 3.8) is 0 Å². The van der Waals surface area contributed by atoms with E-state index in [4.69, 9.17) is 0 Å². The second kappa shape index (κ2) is 1.74. The first-order chi connectivity index (χ1) is 3.30. The van der Waals surface area contributed by atoms with E-state index in [2.05, 4.69) is 0 Å². The summed E-state index contributed by atoms with van der Waals surface area (Å²) >= 11 is 1.18. The molecule has 0 fully saturated rings. The van der Waals surface area contributed by atoms with Gasteiger partial charge >= 0.3 is 0 Å². The number of hydrogen-bond donors (Lipinski definition) is 0. The van der Waals surface area contributed by atoms with Crippen molar-refractivity contribution in [2.45, 2.75) is 5.63 Å². The molecule has 0 radical (unpaired) electrons. The van der Waals surface area contributed by atoms with Gasteiger partial charge in [-0.25, -0.2) is 4.39 Å². The highest BCUT2D eigenvalue weighted by atomic mass is 32.2. The summed E-state index contributed by atoms with van der Waals surface area (Å²) in [5.41, 5.74) is -0.847. The smallest absolute Gasteiger partial charge is 0.223 e. The Bertz CT molecular complexity index is 93.7. The minimum Gasteiger partial charge on any atom is -0.342 e. The van der Waals surface area contributed by atoms with Crippen LogP contribution in [0.1, 0.15) is 0 Å². The first kappa shape index (κ1) is 4.97. The van der Waals surface area contributed by atoms with E-state index in [0.717, 1.165) is 0 Å². The monoisotopic (exact) mass is 119 g/mol. The molecule has 1 unspecified atom stereocenters. The van der Waals surface area contributed by atoms with Crippen molar-refractivity contribution in [1.29, 1.82) is 0 Å². The van der Waals surface area contributed by atoms with Crippen molar-refractivity contribution in [1.82, 2.24) is 4.90 Å². The molecule has 0 bridgehead atoms. The SMILES string of the molecule is CN1C=CSC1F. The zero-order valence-electron chi connectivity index (χ0n) is 3.97. The van der Waals surface area contributed by atoms with E-state index >= 15 is 0 Å². The Kier molecular flexibility index (Phi) is 1.23. The lowest BCUT2D eigenvalue weighted by atomic mass is 10.8. The van der Waals surface area contributed by atoms with Gasteiger partial charge in [0.25, 0.3) is 0 Å². The van der Waals surface area contributed by atoms with Crippen LogP contribution in [0, 0.1) is 0 Å². The van der Waals surface area contributed by atoms with Crippen molar-refractivity contribution in [2.75, 3.05) is 7.05 Å². The Hall–Kier alpha value is -0.180. The van der Waals surface area contributed by atoms with Crippen molar-refractivity contribution in [3.8, 4) is 0 Å². The van der Waals surface area contributed by atoms with Crippen LogP contribution in [0.25, 0.3) is 0 Å². The molecule has 1 rings (SSSR count). The molecule has 1 nitrogen and oxygen atoms in total. The minimum atomic E-state index is -0.847. The number of halogens is 1. The average Bonchev–Trinajstić information content (AvgIpc) is 1.91. The molecule has 0 amide bonds. The number of thioether (sulfide) groups is 1. The van der Waals surface area contributed by atoms with E-state index in [-0.39, 0.29) is 0 Å². The summed E-state index contributed by atoms with van der Waals surface area (Å²) in [6.45, 7) is 0. The van der Waals surface area contributed by atoms with Gasteiger partial charge in [-0.1, -0.05) is 11.8 Å². The highest BCUT2D eigenvalue weighted by molar-refractivity contribution is 8.02. The quantitative estimate of drug-likeness (QED) is 0.443. The lowest BCUT2D eigenvalue weighted by Gasteiger charge is -2.08. The maximum Gasteiger partial charge on any atom is 0.223 e. The van der Waals surface area contributed by atoms with Crippen LogP contribution in [0.5, 0.6) is 0 Å². The molecule has 0 aromatic carbocycles. The molecule has 0 saturated heterocycles. The highest BCUT2D eigenvalue weighted by Crippen LogP contribution is 2.23. The molecule has 1 heterocycles. The second-order valence-corrected chi connectivity index (χ2v) is 2.31. The van der Waals surface area contributed by atoms with Crippen LogP contribution in [0.2, 0.25) is 0 Å². The van der Waals surface area contributed by atoms with Gasteiger partial charge in [-0.2, -0.15) is 0 Å². The third kappa shape index (κ3) is 0.881. The molecule has 0 aromatic heterocycles. The Morgan fingerprint density at radius 2 is 2.57 bits per heavy atom. The summed E-state index contributed by atoms with van der Waals surface area (Å²) in [6, 6.07) is 0. The Labute approximate surface area is 46.2 Å². The summed E-state index contributed by atoms with van der Waals surface area (Å²) in [6.07, 6.45) is 1.72. The Morgan fingerprint density at radius 3 is 2.71 bits per heavy atom. The van der Waals surface area contributed by atoms with Crippen LogP contribution in [0.4, 0.5) is 4.39 Å². The zero-order valence-corrected chi connectivity index (χ0v) is 4.78. The minimum absolute atomic E-state index is 0.847. The van der Waals surface area contributed by atoms with Crippen LogP contribution >= 0.6 is 11.8 Å². The molecule has 1 atom stereocenters. The standard InChI is InChI=1S/C4H6FNS/c1-6-2-3-7-4(6)5/h2-4H,1H3. The molecule has 3 heteroatoms. The van der Waals surface area contributed by atoms with E-state index in [1.54, 1.807) is 18.7 Å². The lowest BCUT2D eigenvalue weighted by molar-refractivity contribution is 0.261. The third-order valence-corrected chi connectivity index (χ3v) is 1.64. The third-order valence-electron chi connectivity index (χ3n) is 0.807. The summed E-state index contributed by atoms with van der Waals surface area (Å²) in [5, 5.41) is 1.74. The lowest BCUT2D eigenvalue weighted by Crippen LogP contribution is -2.13. The maximum absolute atomic E-state index is 12.1. The van der Waals surface area contributed by atoms with E-state index < -0.39 is 5.63 Å². The number of rotatable bonds is 0. The molecule has 1 aliphatic heterocycles. The Balaban J connectivity index is 2.45. The fourth-order valence-electron chi connectivity index (χ4n) is 0.360. The van der Waals surface area contributed by atoms with Crippen LogP contribution in [0.3, 0.4) is 0 Å². The van der Waals surface area contributed by atoms with Gasteiger partial charge in [0.15, 0.2) is 0 Å². The highest BCUT2D eigenvalue weighted by Gasteiger charge is 2.12. The first-order valence-corrected chi connectivity index (χ1v) is 2.93. The number of alkyl halides is 1. The van der Waals surface area contributed by atoms with Gasteiger partial charge in [-0.05, 0) is 5.41 Å². The van der Waals surface area contributed by atoms with Crippen LogP contribution < -0.4 is 0 Å².